The first-order valence-electron chi connectivity index (χ1n) is 7.40. The zero-order valence-electron chi connectivity index (χ0n) is 12.5. The van der Waals surface area contributed by atoms with Crippen molar-refractivity contribution in [2.45, 2.75) is 44.6 Å². The van der Waals surface area contributed by atoms with Gasteiger partial charge in [0.05, 0.1) is 19.3 Å². The molecule has 4 heteroatoms. The van der Waals surface area contributed by atoms with Crippen LogP contribution in [0.5, 0.6) is 5.75 Å². The Hall–Kier alpha value is -1.10. The van der Waals surface area contributed by atoms with Gasteiger partial charge in [0.15, 0.2) is 0 Å². The Morgan fingerprint density at radius 2 is 1.95 bits per heavy atom. The largest absolute Gasteiger partial charge is 0.497 e. The average molecular weight is 276 g/mol. The number of morpholine rings is 1. The lowest BCUT2D eigenvalue weighted by Gasteiger charge is -2.40. The molecular weight excluding hydrogens is 252 g/mol. The predicted molar refractivity (Wildman–Crippen MR) is 79.0 cm³/mol. The van der Waals surface area contributed by atoms with Gasteiger partial charge in [0.1, 0.15) is 5.75 Å². The summed E-state index contributed by atoms with van der Waals surface area (Å²) in [5, 5.41) is 0. The molecule has 1 heterocycles. The first-order valence-corrected chi connectivity index (χ1v) is 7.40. The highest BCUT2D eigenvalue weighted by atomic mass is 16.5. The Bertz CT molecular complexity index is 481. The molecule has 0 amide bonds. The van der Waals surface area contributed by atoms with Crippen LogP contribution in [0.2, 0.25) is 0 Å². The fourth-order valence-electron chi connectivity index (χ4n) is 3.60. The van der Waals surface area contributed by atoms with Crippen molar-refractivity contribution in [2.75, 3.05) is 20.2 Å². The number of fused-ring (bicyclic) bond motifs is 1. The van der Waals surface area contributed by atoms with E-state index in [1.807, 2.05) is 6.07 Å². The second-order valence-electron chi connectivity index (χ2n) is 6.07. The molecule has 1 aliphatic heterocycles. The summed E-state index contributed by atoms with van der Waals surface area (Å²) in [4.78, 5) is 2.50. The lowest BCUT2D eigenvalue weighted by Crippen LogP contribution is -2.52. The second kappa shape index (κ2) is 5.35. The summed E-state index contributed by atoms with van der Waals surface area (Å²) in [6, 6.07) is 6.72. The normalized spacial score (nSPS) is 34.0. The minimum absolute atomic E-state index is 0.0672. The van der Waals surface area contributed by atoms with Gasteiger partial charge in [0, 0.05) is 25.2 Å². The number of nitrogens with two attached hydrogens (primary N) is 1. The van der Waals surface area contributed by atoms with Crippen LogP contribution in [0, 0.1) is 0 Å². The summed E-state index contributed by atoms with van der Waals surface area (Å²) in [6.45, 7) is 6.21. The highest BCUT2D eigenvalue weighted by molar-refractivity contribution is 5.42. The molecule has 1 fully saturated rings. The van der Waals surface area contributed by atoms with E-state index in [0.29, 0.717) is 6.04 Å². The molecule has 0 radical (unpaired) electrons. The Kier molecular flexibility index (Phi) is 3.71. The minimum Gasteiger partial charge on any atom is -0.497 e. The number of nitrogens with zero attached hydrogens (tertiary/aromatic N) is 1. The quantitative estimate of drug-likeness (QED) is 0.893. The van der Waals surface area contributed by atoms with E-state index >= 15 is 0 Å². The van der Waals surface area contributed by atoms with Gasteiger partial charge >= 0.3 is 0 Å². The predicted octanol–water partition coefficient (Wildman–Crippen LogP) is 1.73. The number of benzene rings is 1. The van der Waals surface area contributed by atoms with E-state index in [4.69, 9.17) is 15.2 Å². The summed E-state index contributed by atoms with van der Waals surface area (Å²) >= 11 is 0. The number of hydrogen-bond donors (Lipinski definition) is 1. The standard InChI is InChI=1S/C16H24N2O2/c1-10-8-18(9-11(2)20-10)15-6-12-4-5-13(19-3)7-14(12)16(15)17/h4-5,7,10-11,15-16H,6,8-9,17H2,1-3H3. The van der Waals surface area contributed by atoms with E-state index in [-0.39, 0.29) is 18.2 Å². The molecule has 2 N–H and O–H groups in total. The summed E-state index contributed by atoms with van der Waals surface area (Å²) in [7, 11) is 1.70. The van der Waals surface area contributed by atoms with Gasteiger partial charge in [-0.3, -0.25) is 4.90 Å². The Morgan fingerprint density at radius 3 is 2.60 bits per heavy atom. The van der Waals surface area contributed by atoms with Crippen molar-refractivity contribution < 1.29 is 9.47 Å². The zero-order chi connectivity index (χ0) is 14.3. The molecule has 3 rings (SSSR count). The highest BCUT2D eigenvalue weighted by Crippen LogP contribution is 2.36. The van der Waals surface area contributed by atoms with E-state index in [2.05, 4.69) is 30.9 Å². The second-order valence-corrected chi connectivity index (χ2v) is 6.07. The molecule has 20 heavy (non-hydrogen) atoms. The molecule has 2 aliphatic rings. The smallest absolute Gasteiger partial charge is 0.119 e. The molecule has 0 spiro atoms. The Labute approximate surface area is 120 Å². The lowest BCUT2D eigenvalue weighted by molar-refractivity contribution is -0.0818. The number of ether oxygens (including phenoxy) is 2. The fourth-order valence-corrected chi connectivity index (χ4v) is 3.60. The van der Waals surface area contributed by atoms with Crippen LogP contribution in [0.3, 0.4) is 0 Å². The summed E-state index contributed by atoms with van der Waals surface area (Å²) in [6.07, 6.45) is 1.59. The number of hydrogen-bond acceptors (Lipinski definition) is 4. The van der Waals surface area contributed by atoms with Crippen molar-refractivity contribution in [2.24, 2.45) is 5.73 Å². The van der Waals surface area contributed by atoms with E-state index in [1.54, 1.807) is 7.11 Å². The molecule has 4 nitrogen and oxygen atoms in total. The van der Waals surface area contributed by atoms with Crippen molar-refractivity contribution in [1.82, 2.24) is 4.90 Å². The van der Waals surface area contributed by atoms with Crippen LogP contribution in [-0.4, -0.2) is 43.3 Å². The van der Waals surface area contributed by atoms with Gasteiger partial charge in [0.25, 0.3) is 0 Å². The minimum atomic E-state index is 0.0672. The van der Waals surface area contributed by atoms with Gasteiger partial charge in [-0.15, -0.1) is 0 Å². The molecule has 4 atom stereocenters. The third-order valence-electron chi connectivity index (χ3n) is 4.47. The van der Waals surface area contributed by atoms with Crippen LogP contribution in [0.1, 0.15) is 31.0 Å². The molecule has 0 saturated carbocycles. The topological polar surface area (TPSA) is 47.7 Å². The third-order valence-corrected chi connectivity index (χ3v) is 4.47. The molecule has 1 aromatic carbocycles. The molecule has 0 aromatic heterocycles. The molecule has 1 saturated heterocycles. The van der Waals surface area contributed by atoms with E-state index in [1.165, 1.54) is 11.1 Å². The van der Waals surface area contributed by atoms with Crippen LogP contribution in [0.15, 0.2) is 18.2 Å². The molecule has 1 aromatic rings. The average Bonchev–Trinajstić information content (AvgIpc) is 2.74. The molecule has 0 bridgehead atoms. The molecule has 4 unspecified atom stereocenters. The summed E-state index contributed by atoms with van der Waals surface area (Å²) < 4.78 is 11.1. The first kappa shape index (κ1) is 13.9. The van der Waals surface area contributed by atoms with E-state index in [9.17, 15) is 0 Å². The van der Waals surface area contributed by atoms with Crippen LogP contribution in [0.25, 0.3) is 0 Å². The lowest BCUT2D eigenvalue weighted by atomic mass is 10.1. The third kappa shape index (κ3) is 2.43. The van der Waals surface area contributed by atoms with Gasteiger partial charge in [-0.25, -0.2) is 0 Å². The Morgan fingerprint density at radius 1 is 1.25 bits per heavy atom. The maximum absolute atomic E-state index is 6.50. The maximum atomic E-state index is 6.50. The van der Waals surface area contributed by atoms with Crippen LogP contribution < -0.4 is 10.5 Å². The van der Waals surface area contributed by atoms with Crippen molar-refractivity contribution >= 4 is 0 Å². The van der Waals surface area contributed by atoms with E-state index < -0.39 is 0 Å². The molecular formula is C16H24N2O2. The van der Waals surface area contributed by atoms with Crippen LogP contribution in [0.4, 0.5) is 0 Å². The SMILES string of the molecule is COc1ccc2c(c1)C(N)C(N1CC(C)OC(C)C1)C2. The van der Waals surface area contributed by atoms with Crippen molar-refractivity contribution in [1.29, 1.82) is 0 Å². The summed E-state index contributed by atoms with van der Waals surface area (Å²) in [5.41, 5.74) is 9.09. The highest BCUT2D eigenvalue weighted by Gasteiger charge is 2.37. The van der Waals surface area contributed by atoms with E-state index in [0.717, 1.165) is 25.3 Å². The fraction of sp³-hybridized carbons (Fsp3) is 0.625. The van der Waals surface area contributed by atoms with Gasteiger partial charge in [-0.05, 0) is 43.5 Å². The van der Waals surface area contributed by atoms with Crippen molar-refractivity contribution in [3.8, 4) is 5.75 Å². The monoisotopic (exact) mass is 276 g/mol. The number of methoxy groups -OCH3 is 1. The molecule has 1 aliphatic carbocycles. The summed E-state index contributed by atoms with van der Waals surface area (Å²) in [5.74, 6) is 0.892. The number of rotatable bonds is 2. The Balaban J connectivity index is 1.80. The van der Waals surface area contributed by atoms with Crippen LogP contribution in [-0.2, 0) is 11.2 Å². The van der Waals surface area contributed by atoms with Gasteiger partial charge in [-0.2, -0.15) is 0 Å². The van der Waals surface area contributed by atoms with Crippen molar-refractivity contribution in [3.63, 3.8) is 0 Å². The zero-order valence-corrected chi connectivity index (χ0v) is 12.5. The van der Waals surface area contributed by atoms with Gasteiger partial charge < -0.3 is 15.2 Å². The first-order chi connectivity index (χ1) is 9.58. The van der Waals surface area contributed by atoms with Gasteiger partial charge in [-0.1, -0.05) is 6.07 Å². The van der Waals surface area contributed by atoms with Gasteiger partial charge in [0.2, 0.25) is 0 Å². The molecule has 110 valence electrons. The maximum Gasteiger partial charge on any atom is 0.119 e. The van der Waals surface area contributed by atoms with Crippen molar-refractivity contribution in [3.05, 3.63) is 29.3 Å². The van der Waals surface area contributed by atoms with Crippen LogP contribution >= 0.6 is 0 Å².